The van der Waals surface area contributed by atoms with Gasteiger partial charge < -0.3 is 10.4 Å². The molecule has 0 aromatic heterocycles. The molecule has 2 aromatic carbocycles. The van der Waals surface area contributed by atoms with E-state index in [1.165, 1.54) is 6.07 Å². The maximum absolute atomic E-state index is 13.7. The van der Waals surface area contributed by atoms with Crippen molar-refractivity contribution in [3.8, 4) is 0 Å². The molecule has 0 aliphatic heterocycles. The van der Waals surface area contributed by atoms with Crippen LogP contribution in [-0.2, 0) is 0 Å². The highest BCUT2D eigenvalue weighted by Gasteiger charge is 2.15. The van der Waals surface area contributed by atoms with Gasteiger partial charge in [0.05, 0.1) is 17.7 Å². The zero-order chi connectivity index (χ0) is 14.7. The first-order valence-corrected chi connectivity index (χ1v) is 6.95. The Morgan fingerprint density at radius 2 is 1.95 bits per heavy atom. The average molecular weight is 363 g/mol. The van der Waals surface area contributed by atoms with Crippen LogP contribution in [0.2, 0.25) is 5.02 Å². The summed E-state index contributed by atoms with van der Waals surface area (Å²) in [6.07, 6.45) is 0. The van der Waals surface area contributed by atoms with Gasteiger partial charge in [-0.15, -0.1) is 0 Å². The highest BCUT2D eigenvalue weighted by Crippen LogP contribution is 2.28. The molecule has 2 N–H and O–H groups in total. The van der Waals surface area contributed by atoms with Crippen LogP contribution in [-0.4, -0.2) is 11.7 Å². The van der Waals surface area contributed by atoms with E-state index >= 15 is 0 Å². The minimum atomic E-state index is -0.704. The number of nitrogens with one attached hydrogen (secondary N) is 1. The van der Waals surface area contributed by atoms with Crippen LogP contribution in [0.3, 0.4) is 0 Å². The second-order valence-electron chi connectivity index (χ2n) is 4.17. The van der Waals surface area contributed by atoms with Crippen molar-refractivity contribution < 1.29 is 13.9 Å². The maximum Gasteiger partial charge on any atom is 0.131 e. The molecule has 0 spiro atoms. The zero-order valence-electron chi connectivity index (χ0n) is 10.2. The third kappa shape index (κ3) is 3.48. The number of aliphatic hydroxyl groups excluding tert-OH is 1. The van der Waals surface area contributed by atoms with Crippen molar-refractivity contribution in [1.82, 2.24) is 0 Å². The van der Waals surface area contributed by atoms with Crippen molar-refractivity contribution in [3.63, 3.8) is 0 Å². The van der Waals surface area contributed by atoms with E-state index in [0.29, 0.717) is 15.2 Å². The molecular formula is C14H11BrClF2NO. The second-order valence-corrected chi connectivity index (χ2v) is 5.44. The molecule has 2 nitrogen and oxygen atoms in total. The zero-order valence-corrected chi connectivity index (χ0v) is 12.5. The third-order valence-corrected chi connectivity index (χ3v) is 3.99. The standard InChI is InChI=1S/C14H11BrClF2NO/c15-11-6-9(2-4-12(11)16)19-14(7-20)10-3-1-8(17)5-13(10)18/h1-6,14,19-20H,7H2. The summed E-state index contributed by atoms with van der Waals surface area (Å²) in [5.74, 6) is -1.36. The number of hydrogen-bond donors (Lipinski definition) is 2. The van der Waals surface area contributed by atoms with Gasteiger partial charge in [-0.1, -0.05) is 17.7 Å². The summed E-state index contributed by atoms with van der Waals surface area (Å²) in [6.45, 7) is -0.331. The van der Waals surface area contributed by atoms with Crippen LogP contribution in [0.4, 0.5) is 14.5 Å². The van der Waals surface area contributed by atoms with Crippen LogP contribution >= 0.6 is 27.5 Å². The van der Waals surface area contributed by atoms with Gasteiger partial charge in [0, 0.05) is 21.8 Å². The Morgan fingerprint density at radius 1 is 1.20 bits per heavy atom. The summed E-state index contributed by atoms with van der Waals surface area (Å²) in [4.78, 5) is 0. The summed E-state index contributed by atoms with van der Waals surface area (Å²) < 4.78 is 27.3. The number of hydrogen-bond acceptors (Lipinski definition) is 2. The Bertz CT molecular complexity index is 624. The first-order valence-electron chi connectivity index (χ1n) is 5.78. The van der Waals surface area contributed by atoms with E-state index < -0.39 is 17.7 Å². The van der Waals surface area contributed by atoms with Crippen molar-refractivity contribution in [1.29, 1.82) is 0 Å². The van der Waals surface area contributed by atoms with Gasteiger partial charge in [0.2, 0.25) is 0 Å². The normalized spacial score (nSPS) is 12.2. The van der Waals surface area contributed by atoms with Crippen LogP contribution in [0.1, 0.15) is 11.6 Å². The molecule has 0 saturated carbocycles. The SMILES string of the molecule is OCC(Nc1ccc(Cl)c(Br)c1)c1ccc(F)cc1F. The molecule has 0 bridgehead atoms. The number of benzene rings is 2. The molecule has 0 aliphatic carbocycles. The third-order valence-electron chi connectivity index (χ3n) is 2.78. The van der Waals surface area contributed by atoms with Crippen LogP contribution in [0, 0.1) is 11.6 Å². The van der Waals surface area contributed by atoms with Crippen molar-refractivity contribution in [2.24, 2.45) is 0 Å². The maximum atomic E-state index is 13.7. The molecule has 0 saturated heterocycles. The van der Waals surface area contributed by atoms with E-state index in [2.05, 4.69) is 21.2 Å². The van der Waals surface area contributed by atoms with Crippen molar-refractivity contribution in [2.45, 2.75) is 6.04 Å². The van der Waals surface area contributed by atoms with Crippen LogP contribution in [0.25, 0.3) is 0 Å². The summed E-state index contributed by atoms with van der Waals surface area (Å²) >= 11 is 9.17. The van der Waals surface area contributed by atoms with Gasteiger partial charge >= 0.3 is 0 Å². The highest BCUT2D eigenvalue weighted by atomic mass is 79.9. The largest absolute Gasteiger partial charge is 0.394 e. The lowest BCUT2D eigenvalue weighted by atomic mass is 10.1. The van der Waals surface area contributed by atoms with E-state index in [0.717, 1.165) is 12.1 Å². The summed E-state index contributed by atoms with van der Waals surface area (Å²) in [5, 5.41) is 12.9. The minimum absolute atomic E-state index is 0.194. The number of anilines is 1. The van der Waals surface area contributed by atoms with Crippen molar-refractivity contribution in [3.05, 3.63) is 63.1 Å². The molecule has 106 valence electrons. The Kier molecular flexibility index (Phi) is 4.96. The second kappa shape index (κ2) is 6.52. The van der Waals surface area contributed by atoms with Crippen molar-refractivity contribution >= 4 is 33.2 Å². The van der Waals surface area contributed by atoms with Gasteiger partial charge in [0.15, 0.2) is 0 Å². The molecule has 0 heterocycles. The van der Waals surface area contributed by atoms with Crippen molar-refractivity contribution in [2.75, 3.05) is 11.9 Å². The predicted octanol–water partition coefficient (Wildman–Crippen LogP) is 4.53. The fourth-order valence-corrected chi connectivity index (χ4v) is 2.29. The monoisotopic (exact) mass is 361 g/mol. The van der Waals surface area contributed by atoms with E-state index in [9.17, 15) is 13.9 Å². The van der Waals surface area contributed by atoms with Gasteiger partial charge in [0.25, 0.3) is 0 Å². The smallest absolute Gasteiger partial charge is 0.131 e. The molecule has 0 aliphatic rings. The number of aliphatic hydroxyl groups is 1. The summed E-state index contributed by atoms with van der Waals surface area (Å²) in [6, 6.07) is 7.66. The molecule has 2 rings (SSSR count). The Balaban J connectivity index is 2.26. The Morgan fingerprint density at radius 3 is 2.55 bits per heavy atom. The molecule has 1 unspecified atom stereocenters. The van der Waals surface area contributed by atoms with Gasteiger partial charge in [-0.3, -0.25) is 0 Å². The minimum Gasteiger partial charge on any atom is -0.394 e. The average Bonchev–Trinajstić information content (AvgIpc) is 2.41. The van der Waals surface area contributed by atoms with Gasteiger partial charge in [0.1, 0.15) is 11.6 Å². The van der Waals surface area contributed by atoms with Crippen LogP contribution in [0.15, 0.2) is 40.9 Å². The fourth-order valence-electron chi connectivity index (χ4n) is 1.79. The molecular weight excluding hydrogens is 352 g/mol. The van der Waals surface area contributed by atoms with Gasteiger partial charge in [-0.2, -0.15) is 0 Å². The lowest BCUT2D eigenvalue weighted by Gasteiger charge is -2.19. The molecule has 1 atom stereocenters. The molecule has 2 aromatic rings. The Labute approximate surface area is 128 Å². The Hall–Kier alpha value is -1.17. The summed E-state index contributed by atoms with van der Waals surface area (Å²) in [7, 11) is 0. The van der Waals surface area contributed by atoms with Gasteiger partial charge in [-0.05, 0) is 40.2 Å². The highest BCUT2D eigenvalue weighted by molar-refractivity contribution is 9.10. The van der Waals surface area contributed by atoms with E-state index in [1.54, 1.807) is 18.2 Å². The van der Waals surface area contributed by atoms with E-state index in [-0.39, 0.29) is 12.2 Å². The van der Waals surface area contributed by atoms with Gasteiger partial charge in [-0.25, -0.2) is 8.78 Å². The number of halogens is 4. The van der Waals surface area contributed by atoms with Crippen LogP contribution < -0.4 is 5.32 Å². The lowest BCUT2D eigenvalue weighted by molar-refractivity contribution is 0.273. The molecule has 20 heavy (non-hydrogen) atoms. The molecule has 0 radical (unpaired) electrons. The molecule has 0 amide bonds. The first kappa shape index (κ1) is 15.2. The van der Waals surface area contributed by atoms with E-state index in [4.69, 9.17) is 11.6 Å². The van der Waals surface area contributed by atoms with E-state index in [1.807, 2.05) is 0 Å². The first-order chi connectivity index (χ1) is 9.51. The number of rotatable bonds is 4. The fraction of sp³-hybridized carbons (Fsp3) is 0.143. The quantitative estimate of drug-likeness (QED) is 0.838. The topological polar surface area (TPSA) is 32.3 Å². The summed E-state index contributed by atoms with van der Waals surface area (Å²) in [5.41, 5.74) is 0.851. The van der Waals surface area contributed by atoms with Crippen LogP contribution in [0.5, 0.6) is 0 Å². The predicted molar refractivity (Wildman–Crippen MR) is 79.0 cm³/mol. The molecule has 6 heteroatoms. The molecule has 0 fully saturated rings. The lowest BCUT2D eigenvalue weighted by Crippen LogP contribution is -2.16.